The van der Waals surface area contributed by atoms with Crippen molar-refractivity contribution in [2.75, 3.05) is 0 Å². The summed E-state index contributed by atoms with van der Waals surface area (Å²) in [5, 5.41) is 0. The van der Waals surface area contributed by atoms with Crippen molar-refractivity contribution in [3.05, 3.63) is 0 Å². The summed E-state index contributed by atoms with van der Waals surface area (Å²) in [7, 11) is 0. The molecule has 0 saturated carbocycles. The van der Waals surface area contributed by atoms with E-state index in [4.69, 9.17) is 0 Å². The molecule has 88 valence electrons. The summed E-state index contributed by atoms with van der Waals surface area (Å²) >= 11 is 0. The van der Waals surface area contributed by atoms with Crippen molar-refractivity contribution in [2.24, 2.45) is 10.8 Å². The first-order chi connectivity index (χ1) is 6.46. The topological polar surface area (TPSA) is 60.4 Å². The van der Waals surface area contributed by atoms with Crippen LogP contribution < -0.4 is 18.9 Å². The molecule has 5 heteroatoms. The molecule has 0 spiro atoms. The van der Waals surface area contributed by atoms with E-state index in [0.717, 1.165) is 0 Å². The van der Waals surface area contributed by atoms with Gasteiger partial charge in [0.15, 0.2) is 0 Å². The molecule has 0 N–H and O–H groups in total. The van der Waals surface area contributed by atoms with Crippen molar-refractivity contribution >= 4 is 17.7 Å². The van der Waals surface area contributed by atoms with Crippen LogP contribution in [-0.2, 0) is 19.1 Å². The Balaban J connectivity index is -0.000000980. The SMILES string of the molecule is CC(C)(C)C(=O)OC(=O)C(=O)C(C)(C)C.[H-].[Li+]. The molecule has 0 heterocycles. The van der Waals surface area contributed by atoms with Crippen LogP contribution in [0.2, 0.25) is 0 Å². The minimum Gasteiger partial charge on any atom is -1.00 e. The first-order valence-electron chi connectivity index (χ1n) is 4.77. The number of ether oxygens (including phenoxy) is 1. The largest absolute Gasteiger partial charge is 1.00 e. The maximum absolute atomic E-state index is 11.4. The van der Waals surface area contributed by atoms with E-state index in [1.807, 2.05) is 0 Å². The average molecular weight is 222 g/mol. The predicted molar refractivity (Wildman–Crippen MR) is 56.1 cm³/mol. The fourth-order valence-corrected chi connectivity index (χ4v) is 0.590. The zero-order valence-corrected chi connectivity index (χ0v) is 11.1. The predicted octanol–water partition coefficient (Wildman–Crippen LogP) is -1.17. The van der Waals surface area contributed by atoms with E-state index in [1.165, 1.54) is 0 Å². The van der Waals surface area contributed by atoms with Crippen LogP contribution in [0.5, 0.6) is 0 Å². The van der Waals surface area contributed by atoms with Crippen molar-refractivity contribution < 1.29 is 39.4 Å². The zero-order chi connectivity index (χ0) is 12.4. The third kappa shape index (κ3) is 5.48. The number of Topliss-reactive ketones (excluding diaryl/α,β-unsaturated/α-hetero) is 1. The summed E-state index contributed by atoms with van der Waals surface area (Å²) in [6.07, 6.45) is 0. The van der Waals surface area contributed by atoms with Crippen LogP contribution in [0.1, 0.15) is 43.0 Å². The van der Waals surface area contributed by atoms with Crippen molar-refractivity contribution in [3.63, 3.8) is 0 Å². The Labute approximate surface area is 110 Å². The molecule has 0 fully saturated rings. The summed E-state index contributed by atoms with van der Waals surface area (Å²) in [6.45, 7) is 9.63. The zero-order valence-electron chi connectivity index (χ0n) is 12.1. The standard InChI is InChI=1S/C11H18O4.Li.H/c1-10(2,3)7(12)8(13)15-9(14)11(4,5)6;;/h1-6H3;;/q;+1;-1. The van der Waals surface area contributed by atoms with Crippen molar-refractivity contribution in [1.82, 2.24) is 0 Å². The monoisotopic (exact) mass is 222 g/mol. The minimum atomic E-state index is -1.08. The number of hydrogen-bond acceptors (Lipinski definition) is 4. The molecule has 0 aromatic heterocycles. The molecule has 0 rings (SSSR count). The van der Waals surface area contributed by atoms with E-state index in [2.05, 4.69) is 4.74 Å². The number of carbonyl (C=O) groups is 3. The van der Waals surface area contributed by atoms with Gasteiger partial charge in [-0.05, 0) is 20.8 Å². The smallest absolute Gasteiger partial charge is 1.00 e. The number of rotatable bonds is 1. The van der Waals surface area contributed by atoms with Crippen LogP contribution in [0, 0.1) is 10.8 Å². The van der Waals surface area contributed by atoms with Gasteiger partial charge in [0.1, 0.15) is 0 Å². The van der Waals surface area contributed by atoms with Crippen molar-refractivity contribution in [3.8, 4) is 0 Å². The average Bonchev–Trinajstić information content (AvgIpc) is 1.99. The molecule has 0 bridgehead atoms. The molecule has 0 aliphatic rings. The van der Waals surface area contributed by atoms with Crippen LogP contribution in [0.3, 0.4) is 0 Å². The molecule has 0 aliphatic carbocycles. The van der Waals surface area contributed by atoms with Crippen molar-refractivity contribution in [2.45, 2.75) is 41.5 Å². The first-order valence-corrected chi connectivity index (χ1v) is 4.77. The molecule has 0 unspecified atom stereocenters. The van der Waals surface area contributed by atoms with Gasteiger partial charge in [0.05, 0.1) is 5.41 Å². The normalized spacial score (nSPS) is 11.4. The van der Waals surface area contributed by atoms with Crippen molar-refractivity contribution in [1.29, 1.82) is 0 Å². The second kappa shape index (κ2) is 5.65. The van der Waals surface area contributed by atoms with Gasteiger partial charge in [-0.25, -0.2) is 4.79 Å². The van der Waals surface area contributed by atoms with E-state index in [0.29, 0.717) is 0 Å². The summed E-state index contributed by atoms with van der Waals surface area (Å²) in [5.74, 6) is -2.47. The second-order valence-corrected chi connectivity index (χ2v) is 5.51. The van der Waals surface area contributed by atoms with Crippen LogP contribution >= 0.6 is 0 Å². The van der Waals surface area contributed by atoms with Gasteiger partial charge in [0.2, 0.25) is 5.78 Å². The number of hydrogen-bond donors (Lipinski definition) is 0. The fraction of sp³-hybridized carbons (Fsp3) is 0.727. The van der Waals surface area contributed by atoms with Crippen LogP contribution in [-0.4, -0.2) is 17.7 Å². The van der Waals surface area contributed by atoms with Gasteiger partial charge in [-0.15, -0.1) is 0 Å². The third-order valence-corrected chi connectivity index (χ3v) is 1.66. The summed E-state index contributed by atoms with van der Waals surface area (Å²) < 4.78 is 4.48. The molecule has 0 aromatic rings. The molecular weight excluding hydrogens is 203 g/mol. The summed E-state index contributed by atoms with van der Waals surface area (Å²) in [6, 6.07) is 0. The Hall–Kier alpha value is -0.593. The maximum Gasteiger partial charge on any atom is 1.00 e. The third-order valence-electron chi connectivity index (χ3n) is 1.66. The van der Waals surface area contributed by atoms with Crippen LogP contribution in [0.4, 0.5) is 0 Å². The molecule has 16 heavy (non-hydrogen) atoms. The van der Waals surface area contributed by atoms with Gasteiger partial charge in [-0.1, -0.05) is 20.8 Å². The van der Waals surface area contributed by atoms with Gasteiger partial charge in [-0.3, -0.25) is 9.59 Å². The molecule has 0 amide bonds. The molecular formula is C11H19LiO4. The van der Waals surface area contributed by atoms with Crippen LogP contribution in [0.25, 0.3) is 0 Å². The molecule has 0 aliphatic heterocycles. The van der Waals surface area contributed by atoms with Gasteiger partial charge in [-0.2, -0.15) is 0 Å². The van der Waals surface area contributed by atoms with Gasteiger partial charge < -0.3 is 6.16 Å². The van der Waals surface area contributed by atoms with Crippen LogP contribution in [0.15, 0.2) is 0 Å². The molecule has 0 atom stereocenters. The Morgan fingerprint density at radius 1 is 0.875 bits per heavy atom. The summed E-state index contributed by atoms with van der Waals surface area (Å²) in [5.41, 5.74) is -1.61. The number of esters is 2. The first kappa shape index (κ1) is 17.8. The van der Waals surface area contributed by atoms with E-state index >= 15 is 0 Å². The van der Waals surface area contributed by atoms with E-state index in [9.17, 15) is 14.4 Å². The minimum absolute atomic E-state index is 0. The number of ketones is 1. The van der Waals surface area contributed by atoms with E-state index in [1.54, 1.807) is 41.5 Å². The van der Waals surface area contributed by atoms with Gasteiger partial charge in [0.25, 0.3) is 0 Å². The molecule has 0 saturated heterocycles. The van der Waals surface area contributed by atoms with Gasteiger partial charge in [0, 0.05) is 5.41 Å². The summed E-state index contributed by atoms with van der Waals surface area (Å²) in [4.78, 5) is 34.0. The molecule has 4 nitrogen and oxygen atoms in total. The van der Waals surface area contributed by atoms with E-state index < -0.39 is 28.6 Å². The number of carbonyl (C=O) groups excluding carboxylic acids is 3. The Bertz CT molecular complexity index is 300. The second-order valence-electron chi connectivity index (χ2n) is 5.51. The fourth-order valence-electron chi connectivity index (χ4n) is 0.590. The quantitative estimate of drug-likeness (QED) is 0.243. The Kier molecular flexibility index (Phi) is 6.28. The van der Waals surface area contributed by atoms with E-state index in [-0.39, 0.29) is 20.3 Å². The van der Waals surface area contributed by atoms with Gasteiger partial charge >= 0.3 is 30.8 Å². The molecule has 0 radical (unpaired) electrons. The maximum atomic E-state index is 11.4. The Morgan fingerprint density at radius 3 is 1.50 bits per heavy atom. The Morgan fingerprint density at radius 2 is 1.25 bits per heavy atom. The molecule has 0 aromatic carbocycles.